The first kappa shape index (κ1) is 23.6. The van der Waals surface area contributed by atoms with Crippen LogP contribution in [-0.2, 0) is 25.3 Å². The van der Waals surface area contributed by atoms with E-state index in [1.54, 1.807) is 25.2 Å². The van der Waals surface area contributed by atoms with Gasteiger partial charge < -0.3 is 5.32 Å². The Morgan fingerprint density at radius 3 is 2.41 bits per heavy atom. The summed E-state index contributed by atoms with van der Waals surface area (Å²) in [6.45, 7) is 6.65. The van der Waals surface area contributed by atoms with Gasteiger partial charge in [-0.3, -0.25) is 18.7 Å². The molecule has 0 aliphatic rings. The fourth-order valence-electron chi connectivity index (χ4n) is 3.99. The van der Waals surface area contributed by atoms with Gasteiger partial charge in [0.15, 0.2) is 5.13 Å². The van der Waals surface area contributed by atoms with Crippen LogP contribution in [0.15, 0.2) is 57.4 Å². The molecule has 8 heteroatoms. The standard InChI is InChI=1S/C26H28N4O3S/c1-15(2)16(3)17-9-11-18(12-10-17)20-14-34-25(27-20)28-22(31)13-19-7-6-8-21-23(19)24(32)30(5)26(33)29(21)4/h6-12,14-16H,13H2,1-5H3,(H,27,28,31). The molecule has 7 nitrogen and oxygen atoms in total. The van der Waals surface area contributed by atoms with Crippen LogP contribution in [0.5, 0.6) is 0 Å². The van der Waals surface area contributed by atoms with E-state index in [0.717, 1.165) is 15.8 Å². The Bertz CT molecular complexity index is 1480. The molecule has 1 amide bonds. The number of rotatable bonds is 6. The molecule has 2 heterocycles. The van der Waals surface area contributed by atoms with Crippen molar-refractivity contribution in [2.75, 3.05) is 5.32 Å². The van der Waals surface area contributed by atoms with Crippen LogP contribution < -0.4 is 16.6 Å². The van der Waals surface area contributed by atoms with Crippen molar-refractivity contribution >= 4 is 33.3 Å². The molecule has 4 rings (SSSR count). The number of hydrogen-bond donors (Lipinski definition) is 1. The Hall–Kier alpha value is -3.52. The molecule has 0 spiro atoms. The lowest BCUT2D eigenvalue weighted by atomic mass is 9.90. The van der Waals surface area contributed by atoms with Crippen LogP contribution in [0.25, 0.3) is 22.2 Å². The van der Waals surface area contributed by atoms with Gasteiger partial charge in [0.1, 0.15) is 0 Å². The zero-order valence-electron chi connectivity index (χ0n) is 20.0. The summed E-state index contributed by atoms with van der Waals surface area (Å²) in [5, 5.41) is 5.63. The predicted octanol–water partition coefficient (Wildman–Crippen LogP) is 4.30. The number of fused-ring (bicyclic) bond motifs is 1. The molecule has 176 valence electrons. The number of nitrogens with one attached hydrogen (secondary N) is 1. The van der Waals surface area contributed by atoms with E-state index in [1.807, 2.05) is 5.38 Å². The molecule has 1 N–H and O–H groups in total. The number of carbonyl (C=O) groups excluding carboxylic acids is 1. The van der Waals surface area contributed by atoms with Crippen LogP contribution in [0.1, 0.15) is 37.8 Å². The highest BCUT2D eigenvalue weighted by atomic mass is 32.1. The highest BCUT2D eigenvalue weighted by Crippen LogP contribution is 2.29. The molecule has 0 saturated carbocycles. The van der Waals surface area contributed by atoms with Crippen molar-refractivity contribution < 1.29 is 4.79 Å². The van der Waals surface area contributed by atoms with Gasteiger partial charge in [0, 0.05) is 25.0 Å². The quantitative estimate of drug-likeness (QED) is 0.450. The van der Waals surface area contributed by atoms with Gasteiger partial charge >= 0.3 is 5.69 Å². The van der Waals surface area contributed by atoms with Gasteiger partial charge in [-0.05, 0) is 29.0 Å². The lowest BCUT2D eigenvalue weighted by Gasteiger charge is -2.16. The number of aromatic nitrogens is 3. The number of carbonyl (C=O) groups is 1. The summed E-state index contributed by atoms with van der Waals surface area (Å²) in [5.74, 6) is 0.775. The van der Waals surface area contributed by atoms with Gasteiger partial charge in [-0.25, -0.2) is 9.78 Å². The summed E-state index contributed by atoms with van der Waals surface area (Å²) in [6, 6.07) is 13.6. The zero-order valence-corrected chi connectivity index (χ0v) is 20.8. The van der Waals surface area contributed by atoms with Crippen molar-refractivity contribution in [1.29, 1.82) is 0 Å². The van der Waals surface area contributed by atoms with Crippen molar-refractivity contribution in [2.45, 2.75) is 33.1 Å². The van der Waals surface area contributed by atoms with Crippen LogP contribution >= 0.6 is 11.3 Å². The van der Waals surface area contributed by atoms with E-state index in [-0.39, 0.29) is 12.3 Å². The first-order chi connectivity index (χ1) is 16.2. The maximum atomic E-state index is 12.8. The van der Waals surface area contributed by atoms with Gasteiger partial charge in [0.2, 0.25) is 5.91 Å². The van der Waals surface area contributed by atoms with Crippen molar-refractivity contribution in [3.63, 3.8) is 0 Å². The number of benzene rings is 2. The Morgan fingerprint density at radius 2 is 1.74 bits per heavy atom. The van der Waals surface area contributed by atoms with E-state index in [0.29, 0.717) is 33.4 Å². The summed E-state index contributed by atoms with van der Waals surface area (Å²) in [5.41, 5.74) is 3.35. The minimum absolute atomic E-state index is 0.00147. The second-order valence-corrected chi connectivity index (χ2v) is 9.79. The molecule has 34 heavy (non-hydrogen) atoms. The smallest absolute Gasteiger partial charge is 0.302 e. The minimum Gasteiger partial charge on any atom is -0.302 e. The van der Waals surface area contributed by atoms with Gasteiger partial charge in [0.25, 0.3) is 5.56 Å². The summed E-state index contributed by atoms with van der Waals surface area (Å²) in [7, 11) is 3.05. The SMILES string of the molecule is CC(C)C(C)c1ccc(-c2csc(NC(=O)Cc3cccc4c3c(=O)n(C)c(=O)n4C)n2)cc1. The average Bonchev–Trinajstić information content (AvgIpc) is 3.29. The number of anilines is 1. The van der Waals surface area contributed by atoms with Crippen LogP contribution in [0.3, 0.4) is 0 Å². The highest BCUT2D eigenvalue weighted by molar-refractivity contribution is 7.14. The monoisotopic (exact) mass is 476 g/mol. The topological polar surface area (TPSA) is 86.0 Å². The number of nitrogens with zero attached hydrogens (tertiary/aromatic N) is 3. The molecule has 0 saturated heterocycles. The third-order valence-corrected chi connectivity index (χ3v) is 7.17. The van der Waals surface area contributed by atoms with E-state index in [9.17, 15) is 14.4 Å². The van der Waals surface area contributed by atoms with Gasteiger partial charge in [-0.15, -0.1) is 11.3 Å². The Balaban J connectivity index is 1.53. The number of hydrogen-bond acceptors (Lipinski definition) is 5. The Labute approximate surface area is 201 Å². The summed E-state index contributed by atoms with van der Waals surface area (Å²) in [6.07, 6.45) is 0.00147. The molecule has 1 atom stereocenters. The normalized spacial score (nSPS) is 12.3. The van der Waals surface area contributed by atoms with Gasteiger partial charge in [-0.2, -0.15) is 0 Å². The van der Waals surface area contributed by atoms with E-state index >= 15 is 0 Å². The van der Waals surface area contributed by atoms with Crippen molar-refractivity contribution in [3.05, 3.63) is 79.8 Å². The van der Waals surface area contributed by atoms with E-state index in [2.05, 4.69) is 55.3 Å². The first-order valence-electron chi connectivity index (χ1n) is 11.2. The third-order valence-electron chi connectivity index (χ3n) is 6.42. The molecular formula is C26H28N4O3S. The van der Waals surface area contributed by atoms with Crippen molar-refractivity contribution in [2.24, 2.45) is 20.0 Å². The molecule has 0 aliphatic heterocycles. The zero-order chi connectivity index (χ0) is 24.6. The highest BCUT2D eigenvalue weighted by Gasteiger charge is 2.16. The molecule has 0 aliphatic carbocycles. The lowest BCUT2D eigenvalue weighted by molar-refractivity contribution is -0.115. The van der Waals surface area contributed by atoms with Crippen molar-refractivity contribution in [3.8, 4) is 11.3 Å². The fraction of sp³-hybridized carbons (Fsp3) is 0.308. The predicted molar refractivity (Wildman–Crippen MR) is 138 cm³/mol. The Kier molecular flexibility index (Phi) is 6.52. The van der Waals surface area contributed by atoms with Crippen LogP contribution in [0.2, 0.25) is 0 Å². The number of thiazole rings is 1. The molecule has 0 radical (unpaired) electrons. The van der Waals surface area contributed by atoms with Gasteiger partial charge in [0.05, 0.1) is 23.0 Å². The molecule has 4 aromatic rings. The molecular weight excluding hydrogens is 448 g/mol. The second kappa shape index (κ2) is 9.38. The minimum atomic E-state index is -0.409. The summed E-state index contributed by atoms with van der Waals surface area (Å²) >= 11 is 1.36. The molecule has 1 unspecified atom stereocenters. The summed E-state index contributed by atoms with van der Waals surface area (Å²) < 4.78 is 2.47. The number of aryl methyl sites for hydroxylation is 1. The second-order valence-electron chi connectivity index (χ2n) is 8.93. The first-order valence-corrected chi connectivity index (χ1v) is 12.1. The van der Waals surface area contributed by atoms with E-state index in [4.69, 9.17) is 0 Å². The largest absolute Gasteiger partial charge is 0.330 e. The maximum absolute atomic E-state index is 12.8. The van der Waals surface area contributed by atoms with Crippen LogP contribution in [0.4, 0.5) is 5.13 Å². The Morgan fingerprint density at radius 1 is 1.03 bits per heavy atom. The molecule has 0 fully saturated rings. The molecule has 0 bridgehead atoms. The maximum Gasteiger partial charge on any atom is 0.330 e. The molecule has 2 aromatic carbocycles. The lowest BCUT2D eigenvalue weighted by Crippen LogP contribution is -2.37. The fourth-order valence-corrected chi connectivity index (χ4v) is 4.72. The van der Waals surface area contributed by atoms with Crippen LogP contribution in [-0.4, -0.2) is 20.0 Å². The van der Waals surface area contributed by atoms with E-state index < -0.39 is 11.2 Å². The van der Waals surface area contributed by atoms with Crippen LogP contribution in [0, 0.1) is 5.92 Å². The molecule has 2 aromatic heterocycles. The average molecular weight is 477 g/mol. The summed E-state index contributed by atoms with van der Waals surface area (Å²) in [4.78, 5) is 42.3. The third kappa shape index (κ3) is 4.46. The van der Waals surface area contributed by atoms with Gasteiger partial charge in [-0.1, -0.05) is 57.2 Å². The van der Waals surface area contributed by atoms with E-state index in [1.165, 1.54) is 28.5 Å². The number of amides is 1. The van der Waals surface area contributed by atoms with Crippen molar-refractivity contribution in [1.82, 2.24) is 14.1 Å².